The Morgan fingerprint density at radius 3 is 1.97 bits per heavy atom. The van der Waals surface area contributed by atoms with Gasteiger partial charge in [-0.15, -0.1) is 0 Å². The molecule has 6 nitrogen and oxygen atoms in total. The summed E-state index contributed by atoms with van der Waals surface area (Å²) in [6.07, 6.45) is -0.694. The number of anilines is 1. The summed E-state index contributed by atoms with van der Waals surface area (Å²) >= 11 is 6.71. The summed E-state index contributed by atoms with van der Waals surface area (Å²) in [5.74, 6) is 0.312. The van der Waals surface area contributed by atoms with Crippen molar-refractivity contribution < 1.29 is 4.79 Å². The van der Waals surface area contributed by atoms with E-state index in [9.17, 15) is 4.79 Å². The molecule has 2 aliphatic heterocycles. The van der Waals surface area contributed by atoms with Gasteiger partial charge in [0.2, 0.25) is 11.9 Å². The summed E-state index contributed by atoms with van der Waals surface area (Å²) in [6, 6.07) is 34.8. The smallest absolute Gasteiger partial charge is 0.269 e. The Morgan fingerprint density at radius 2 is 1.38 bits per heavy atom. The maximum atomic E-state index is 14.9. The van der Waals surface area contributed by atoms with Crippen LogP contribution >= 0.6 is 11.6 Å². The summed E-state index contributed by atoms with van der Waals surface area (Å²) in [4.78, 5) is 27.9. The normalized spacial score (nSPS) is 18.3. The van der Waals surface area contributed by atoms with E-state index in [4.69, 9.17) is 22.3 Å². The molecule has 1 atom stereocenters. The molecule has 0 radical (unpaired) electrons. The summed E-state index contributed by atoms with van der Waals surface area (Å²) in [7, 11) is 0. The second-order valence-corrected chi connectivity index (χ2v) is 9.49. The number of nitrogens with zero attached hydrogens (tertiary/aromatic N) is 4. The topological polar surface area (TPSA) is 74.3 Å². The van der Waals surface area contributed by atoms with E-state index in [1.807, 2.05) is 121 Å². The molecule has 1 unspecified atom stereocenters. The van der Waals surface area contributed by atoms with Crippen LogP contribution in [0, 0.1) is 6.92 Å². The highest BCUT2D eigenvalue weighted by Crippen LogP contribution is 2.50. The molecule has 6 rings (SSSR count). The number of hydrogen-bond acceptors (Lipinski definition) is 5. The zero-order valence-corrected chi connectivity index (χ0v) is 20.9. The summed E-state index contributed by atoms with van der Waals surface area (Å²) in [5, 5.41) is 0.529. The number of rotatable bonds is 4. The van der Waals surface area contributed by atoms with Crippen LogP contribution in [0.1, 0.15) is 28.4 Å². The maximum Gasteiger partial charge on any atom is 0.269 e. The van der Waals surface area contributed by atoms with Gasteiger partial charge in [0.25, 0.3) is 5.91 Å². The largest absolute Gasteiger partial charge is 0.368 e. The molecule has 2 N–H and O–H groups in total. The van der Waals surface area contributed by atoms with Crippen LogP contribution < -0.4 is 10.6 Å². The fraction of sp³-hybridized carbons (Fsp3) is 0.100. The number of guanidine groups is 2. The van der Waals surface area contributed by atoms with Crippen molar-refractivity contribution in [3.8, 4) is 0 Å². The van der Waals surface area contributed by atoms with Crippen molar-refractivity contribution in [2.75, 3.05) is 4.90 Å². The lowest BCUT2D eigenvalue weighted by molar-refractivity contribution is -0.124. The van der Waals surface area contributed by atoms with E-state index in [1.54, 1.807) is 4.90 Å². The van der Waals surface area contributed by atoms with Gasteiger partial charge in [0.1, 0.15) is 0 Å². The Labute approximate surface area is 220 Å². The van der Waals surface area contributed by atoms with Gasteiger partial charge in [0.15, 0.2) is 11.7 Å². The zero-order chi connectivity index (χ0) is 25.6. The molecular weight excluding hydrogens is 482 g/mol. The zero-order valence-electron chi connectivity index (χ0n) is 20.1. The lowest BCUT2D eigenvalue weighted by Crippen LogP contribution is -2.51. The number of carbonyl (C=O) groups excluding carboxylic acids is 1. The highest BCUT2D eigenvalue weighted by molar-refractivity contribution is 6.32. The van der Waals surface area contributed by atoms with Crippen LogP contribution in [-0.4, -0.2) is 22.7 Å². The quantitative estimate of drug-likeness (QED) is 0.391. The summed E-state index contributed by atoms with van der Waals surface area (Å²) < 4.78 is 0. The van der Waals surface area contributed by atoms with Gasteiger partial charge in [0, 0.05) is 10.6 Å². The first-order valence-corrected chi connectivity index (χ1v) is 12.4. The van der Waals surface area contributed by atoms with Gasteiger partial charge in [-0.25, -0.2) is 9.89 Å². The Bertz CT molecular complexity index is 1490. The number of nitrogens with two attached hydrogens (primary N) is 1. The molecule has 0 aliphatic carbocycles. The molecule has 0 aromatic heterocycles. The Hall–Kier alpha value is -4.42. The predicted molar refractivity (Wildman–Crippen MR) is 147 cm³/mol. The molecule has 4 aromatic rings. The van der Waals surface area contributed by atoms with Gasteiger partial charge in [-0.3, -0.25) is 9.69 Å². The lowest BCUT2D eigenvalue weighted by atomic mass is 9.80. The highest BCUT2D eigenvalue weighted by atomic mass is 35.5. The van der Waals surface area contributed by atoms with E-state index in [1.165, 1.54) is 0 Å². The minimum Gasteiger partial charge on any atom is -0.368 e. The molecule has 0 saturated carbocycles. The molecule has 7 heteroatoms. The second-order valence-electron chi connectivity index (χ2n) is 9.08. The van der Waals surface area contributed by atoms with Crippen LogP contribution in [0.25, 0.3) is 0 Å². The maximum absolute atomic E-state index is 14.9. The van der Waals surface area contributed by atoms with Crippen LogP contribution in [0.4, 0.5) is 5.69 Å². The van der Waals surface area contributed by atoms with E-state index in [2.05, 4.69) is 4.99 Å². The number of amides is 1. The molecule has 1 fully saturated rings. The molecule has 2 aliphatic rings. The molecule has 2 heterocycles. The molecule has 37 heavy (non-hydrogen) atoms. The van der Waals surface area contributed by atoms with Gasteiger partial charge in [-0.05, 0) is 36.2 Å². The highest BCUT2D eigenvalue weighted by Gasteiger charge is 2.62. The molecule has 4 aromatic carbocycles. The van der Waals surface area contributed by atoms with Crippen molar-refractivity contribution in [2.24, 2.45) is 15.7 Å². The minimum absolute atomic E-state index is 0.0815. The van der Waals surface area contributed by atoms with E-state index >= 15 is 0 Å². The van der Waals surface area contributed by atoms with Crippen molar-refractivity contribution in [1.29, 1.82) is 0 Å². The molecule has 182 valence electrons. The van der Waals surface area contributed by atoms with Gasteiger partial charge < -0.3 is 5.73 Å². The first-order chi connectivity index (χ1) is 18.0. The predicted octanol–water partition coefficient (Wildman–Crippen LogP) is 5.62. The van der Waals surface area contributed by atoms with Crippen LogP contribution in [-0.2, 0) is 10.3 Å². The van der Waals surface area contributed by atoms with E-state index in [0.29, 0.717) is 16.7 Å². The minimum atomic E-state index is -1.28. The third-order valence-electron chi connectivity index (χ3n) is 6.86. The van der Waals surface area contributed by atoms with E-state index < -0.39 is 11.7 Å². The average molecular weight is 506 g/mol. The number of aliphatic imine (C=N–C) groups is 2. The Kier molecular flexibility index (Phi) is 5.54. The number of halogens is 1. The number of hydrogen-bond donors (Lipinski definition) is 1. The van der Waals surface area contributed by atoms with Crippen LogP contribution in [0.3, 0.4) is 0 Å². The molecule has 0 spiro atoms. The lowest BCUT2D eigenvalue weighted by Gasteiger charge is -2.42. The first-order valence-electron chi connectivity index (χ1n) is 12.0. The van der Waals surface area contributed by atoms with Crippen LogP contribution in [0.15, 0.2) is 119 Å². The fourth-order valence-corrected chi connectivity index (χ4v) is 5.43. The van der Waals surface area contributed by atoms with E-state index in [-0.39, 0.29) is 11.9 Å². The monoisotopic (exact) mass is 505 g/mol. The molecule has 1 amide bonds. The Balaban J connectivity index is 1.70. The third-order valence-corrected chi connectivity index (χ3v) is 7.21. The second kappa shape index (κ2) is 8.91. The summed E-state index contributed by atoms with van der Waals surface area (Å²) in [6.45, 7) is 2.01. The molecule has 1 saturated heterocycles. The SMILES string of the molecule is Cc1ccc(N2C(=O)C(c3ccccc3)(c3ccccc3)N3C2=NC(N)=NC3c2ccccc2Cl)cc1. The Morgan fingerprint density at radius 1 is 0.811 bits per heavy atom. The van der Waals surface area contributed by atoms with Crippen LogP contribution in [0.2, 0.25) is 5.02 Å². The van der Waals surface area contributed by atoms with Crippen molar-refractivity contribution in [2.45, 2.75) is 18.6 Å². The number of aryl methyl sites for hydroxylation is 1. The molecule has 0 bridgehead atoms. The van der Waals surface area contributed by atoms with Crippen molar-refractivity contribution in [1.82, 2.24) is 4.90 Å². The van der Waals surface area contributed by atoms with Crippen molar-refractivity contribution in [3.05, 3.63) is 136 Å². The third kappa shape index (κ3) is 3.52. The first kappa shape index (κ1) is 23.0. The molecular formula is C30H24ClN5O. The van der Waals surface area contributed by atoms with Gasteiger partial charge >= 0.3 is 0 Å². The average Bonchev–Trinajstić information content (AvgIpc) is 3.18. The van der Waals surface area contributed by atoms with Gasteiger partial charge in [0.05, 0.1) is 5.69 Å². The van der Waals surface area contributed by atoms with E-state index in [0.717, 1.165) is 22.3 Å². The van der Waals surface area contributed by atoms with Crippen molar-refractivity contribution in [3.63, 3.8) is 0 Å². The number of fused-ring (bicyclic) bond motifs is 1. The standard InChI is InChI=1S/C30H24ClN5O/c1-20-16-18-23(19-17-20)35-27(37)30(21-10-4-2-5-11-21,22-12-6-3-7-13-22)36-26(33-28(32)34-29(35)36)24-14-8-9-15-25(24)31/h2-19,26H,1H3,(H2,32,33). The summed E-state index contributed by atoms with van der Waals surface area (Å²) in [5.41, 5.74) is 9.12. The van der Waals surface area contributed by atoms with Gasteiger partial charge in [-0.2, -0.15) is 4.99 Å². The number of benzene rings is 4. The fourth-order valence-electron chi connectivity index (χ4n) is 5.19. The number of carbonyl (C=O) groups is 1. The van der Waals surface area contributed by atoms with Gasteiger partial charge in [-0.1, -0.05) is 108 Å². The van der Waals surface area contributed by atoms with Crippen LogP contribution in [0.5, 0.6) is 0 Å². The van der Waals surface area contributed by atoms with Crippen molar-refractivity contribution >= 4 is 35.1 Å².